The Morgan fingerprint density at radius 3 is 2.42 bits per heavy atom. The van der Waals surface area contributed by atoms with Crippen molar-refractivity contribution < 1.29 is 5.11 Å². The summed E-state index contributed by atoms with van der Waals surface area (Å²) in [5, 5.41) is 10.5. The molecular weight excluding hydrogens is 234 g/mol. The fourth-order valence-corrected chi connectivity index (χ4v) is 2.54. The molecule has 1 N–H and O–H groups in total. The monoisotopic (exact) mass is 251 g/mol. The van der Waals surface area contributed by atoms with Crippen LogP contribution < -0.4 is 0 Å². The summed E-state index contributed by atoms with van der Waals surface area (Å²) in [6.07, 6.45) is 0.696. The van der Waals surface area contributed by atoms with Gasteiger partial charge in [-0.05, 0) is 23.1 Å². The summed E-state index contributed by atoms with van der Waals surface area (Å²) >= 11 is 0. The third-order valence-electron chi connectivity index (χ3n) is 3.45. The Labute approximate surface area is 112 Å². The molecule has 1 aromatic heterocycles. The first-order chi connectivity index (χ1) is 9.38. The number of benzene rings is 2. The standard InChI is InChI=1S/C17H17NO/c19-11-10-16-12-15-8-4-5-9-17(15)18(16)13-14-6-2-1-3-7-14/h1-9,12,19H,10-11,13H2. The SMILES string of the molecule is OCCc1cc2ccccc2n1Cc1ccccc1. The molecule has 0 bridgehead atoms. The van der Waals surface area contributed by atoms with Crippen molar-refractivity contribution in [3.8, 4) is 0 Å². The van der Waals surface area contributed by atoms with Crippen LogP contribution in [0.4, 0.5) is 0 Å². The Bertz CT molecular complexity index is 670. The molecule has 0 fully saturated rings. The number of rotatable bonds is 4. The van der Waals surface area contributed by atoms with Crippen LogP contribution in [-0.2, 0) is 13.0 Å². The highest BCUT2D eigenvalue weighted by Crippen LogP contribution is 2.21. The van der Waals surface area contributed by atoms with E-state index in [1.807, 2.05) is 6.07 Å². The molecule has 0 amide bonds. The number of fused-ring (bicyclic) bond motifs is 1. The van der Waals surface area contributed by atoms with Crippen LogP contribution in [0.2, 0.25) is 0 Å². The molecule has 2 nitrogen and oxygen atoms in total. The summed E-state index contributed by atoms with van der Waals surface area (Å²) in [7, 11) is 0. The van der Waals surface area contributed by atoms with E-state index >= 15 is 0 Å². The van der Waals surface area contributed by atoms with E-state index in [2.05, 4.69) is 59.2 Å². The van der Waals surface area contributed by atoms with Gasteiger partial charge in [0.15, 0.2) is 0 Å². The first-order valence-electron chi connectivity index (χ1n) is 6.60. The lowest BCUT2D eigenvalue weighted by atomic mass is 10.2. The average Bonchev–Trinajstić information content (AvgIpc) is 2.79. The molecule has 0 aliphatic heterocycles. The van der Waals surface area contributed by atoms with Crippen molar-refractivity contribution >= 4 is 10.9 Å². The van der Waals surface area contributed by atoms with E-state index in [-0.39, 0.29) is 6.61 Å². The minimum absolute atomic E-state index is 0.186. The molecule has 0 aliphatic carbocycles. The van der Waals surface area contributed by atoms with Gasteiger partial charge in [-0.3, -0.25) is 0 Å². The molecule has 0 spiro atoms. The highest BCUT2D eigenvalue weighted by Gasteiger charge is 2.08. The minimum Gasteiger partial charge on any atom is -0.396 e. The molecule has 0 unspecified atom stereocenters. The zero-order valence-corrected chi connectivity index (χ0v) is 10.8. The van der Waals surface area contributed by atoms with Gasteiger partial charge in [-0.2, -0.15) is 0 Å². The molecule has 2 heteroatoms. The van der Waals surface area contributed by atoms with Gasteiger partial charge in [-0.1, -0.05) is 48.5 Å². The quantitative estimate of drug-likeness (QED) is 0.756. The molecule has 1 heterocycles. The number of para-hydroxylation sites is 1. The third kappa shape index (κ3) is 2.40. The summed E-state index contributed by atoms with van der Waals surface area (Å²) in [6.45, 7) is 1.04. The van der Waals surface area contributed by atoms with E-state index in [0.29, 0.717) is 6.42 Å². The summed E-state index contributed by atoms with van der Waals surface area (Å²) < 4.78 is 2.29. The molecule has 2 aromatic carbocycles. The zero-order chi connectivity index (χ0) is 13.1. The normalized spacial score (nSPS) is 11.0. The molecular formula is C17H17NO. The Kier molecular flexibility index (Phi) is 3.34. The van der Waals surface area contributed by atoms with Crippen molar-refractivity contribution in [2.45, 2.75) is 13.0 Å². The zero-order valence-electron chi connectivity index (χ0n) is 10.8. The van der Waals surface area contributed by atoms with Gasteiger partial charge in [0.2, 0.25) is 0 Å². The average molecular weight is 251 g/mol. The van der Waals surface area contributed by atoms with Crippen molar-refractivity contribution in [3.63, 3.8) is 0 Å². The lowest BCUT2D eigenvalue weighted by molar-refractivity contribution is 0.297. The van der Waals surface area contributed by atoms with Gasteiger partial charge in [0, 0.05) is 30.8 Å². The van der Waals surface area contributed by atoms with Crippen LogP contribution in [0.1, 0.15) is 11.3 Å². The summed E-state index contributed by atoms with van der Waals surface area (Å²) in [5.41, 5.74) is 3.70. The number of aliphatic hydroxyl groups excluding tert-OH is 1. The molecule has 0 aliphatic rings. The second-order valence-corrected chi connectivity index (χ2v) is 4.74. The fourth-order valence-electron chi connectivity index (χ4n) is 2.54. The van der Waals surface area contributed by atoms with Crippen LogP contribution in [0.15, 0.2) is 60.7 Å². The summed E-state index contributed by atoms with van der Waals surface area (Å²) in [5.74, 6) is 0. The third-order valence-corrected chi connectivity index (χ3v) is 3.45. The van der Waals surface area contributed by atoms with E-state index < -0.39 is 0 Å². The molecule has 3 rings (SSSR count). The van der Waals surface area contributed by atoms with Crippen molar-refractivity contribution in [3.05, 3.63) is 71.9 Å². The molecule has 0 saturated carbocycles. The lowest BCUT2D eigenvalue weighted by Crippen LogP contribution is -2.05. The highest BCUT2D eigenvalue weighted by molar-refractivity contribution is 5.81. The summed E-state index contributed by atoms with van der Waals surface area (Å²) in [4.78, 5) is 0. The van der Waals surface area contributed by atoms with Crippen LogP contribution >= 0.6 is 0 Å². The Balaban J connectivity index is 2.07. The molecule has 3 aromatic rings. The maximum absolute atomic E-state index is 9.22. The van der Waals surface area contributed by atoms with Crippen LogP contribution in [0.25, 0.3) is 10.9 Å². The van der Waals surface area contributed by atoms with E-state index in [0.717, 1.165) is 6.54 Å². The van der Waals surface area contributed by atoms with Gasteiger partial charge in [0.25, 0.3) is 0 Å². The first-order valence-corrected chi connectivity index (χ1v) is 6.60. The van der Waals surface area contributed by atoms with Gasteiger partial charge < -0.3 is 9.67 Å². The van der Waals surface area contributed by atoms with Gasteiger partial charge in [-0.15, -0.1) is 0 Å². The fraction of sp³-hybridized carbons (Fsp3) is 0.176. The van der Waals surface area contributed by atoms with Crippen LogP contribution in [-0.4, -0.2) is 16.3 Å². The van der Waals surface area contributed by atoms with Crippen LogP contribution in [0, 0.1) is 0 Å². The Morgan fingerprint density at radius 1 is 0.895 bits per heavy atom. The minimum atomic E-state index is 0.186. The van der Waals surface area contributed by atoms with Crippen molar-refractivity contribution in [2.75, 3.05) is 6.61 Å². The predicted octanol–water partition coefficient (Wildman–Crippen LogP) is 3.22. The maximum atomic E-state index is 9.22. The molecule has 0 radical (unpaired) electrons. The first kappa shape index (κ1) is 12.0. The molecule has 0 saturated heterocycles. The lowest BCUT2D eigenvalue weighted by Gasteiger charge is -2.10. The van der Waals surface area contributed by atoms with Crippen molar-refractivity contribution in [1.82, 2.24) is 4.57 Å². The molecule has 19 heavy (non-hydrogen) atoms. The number of nitrogens with zero attached hydrogens (tertiary/aromatic N) is 1. The molecule has 0 atom stereocenters. The van der Waals surface area contributed by atoms with Gasteiger partial charge in [0.1, 0.15) is 0 Å². The summed E-state index contributed by atoms with van der Waals surface area (Å²) in [6, 6.07) is 21.0. The number of aliphatic hydroxyl groups is 1. The largest absolute Gasteiger partial charge is 0.396 e. The second-order valence-electron chi connectivity index (χ2n) is 4.74. The Hall–Kier alpha value is -2.06. The van der Waals surface area contributed by atoms with Crippen LogP contribution in [0.3, 0.4) is 0 Å². The van der Waals surface area contributed by atoms with Crippen molar-refractivity contribution in [2.24, 2.45) is 0 Å². The van der Waals surface area contributed by atoms with Gasteiger partial charge in [-0.25, -0.2) is 0 Å². The van der Waals surface area contributed by atoms with Gasteiger partial charge in [0.05, 0.1) is 0 Å². The predicted molar refractivity (Wildman–Crippen MR) is 78.3 cm³/mol. The topological polar surface area (TPSA) is 25.2 Å². The molecule has 96 valence electrons. The van der Waals surface area contributed by atoms with E-state index in [9.17, 15) is 5.11 Å². The van der Waals surface area contributed by atoms with E-state index in [1.54, 1.807) is 0 Å². The van der Waals surface area contributed by atoms with Crippen LogP contribution in [0.5, 0.6) is 0 Å². The number of hydrogen-bond acceptors (Lipinski definition) is 1. The highest BCUT2D eigenvalue weighted by atomic mass is 16.3. The maximum Gasteiger partial charge on any atom is 0.0485 e. The Morgan fingerprint density at radius 2 is 1.63 bits per heavy atom. The van der Waals surface area contributed by atoms with E-state index in [1.165, 1.54) is 22.2 Å². The second kappa shape index (κ2) is 5.29. The van der Waals surface area contributed by atoms with Gasteiger partial charge >= 0.3 is 0 Å². The van der Waals surface area contributed by atoms with Crippen molar-refractivity contribution in [1.29, 1.82) is 0 Å². The van der Waals surface area contributed by atoms with E-state index in [4.69, 9.17) is 0 Å². The number of hydrogen-bond donors (Lipinski definition) is 1. The number of aromatic nitrogens is 1. The smallest absolute Gasteiger partial charge is 0.0485 e.